The number of aryl methyl sites for hydroxylation is 1. The van der Waals surface area contributed by atoms with Crippen molar-refractivity contribution in [2.24, 2.45) is 0 Å². The maximum atomic E-state index is 14.0. The van der Waals surface area contributed by atoms with E-state index in [0.717, 1.165) is 5.56 Å². The summed E-state index contributed by atoms with van der Waals surface area (Å²) < 4.78 is 18.4. The van der Waals surface area contributed by atoms with Crippen LogP contribution in [0.15, 0.2) is 84.2 Å². The summed E-state index contributed by atoms with van der Waals surface area (Å²) >= 11 is 0. The molecule has 1 unspecified atom stereocenters. The lowest BCUT2D eigenvalue weighted by atomic mass is 9.93. The molecule has 3 N–H and O–H groups in total. The first-order valence-corrected chi connectivity index (χ1v) is 12.9. The van der Waals surface area contributed by atoms with Gasteiger partial charge < -0.3 is 30.2 Å². The van der Waals surface area contributed by atoms with Crippen molar-refractivity contribution in [3.63, 3.8) is 0 Å². The Balaban J connectivity index is 1.61. The highest BCUT2D eigenvalue weighted by Gasteiger charge is 2.37. The molecule has 2 amide bonds. The van der Waals surface area contributed by atoms with Gasteiger partial charge in [-0.3, -0.25) is 9.59 Å². The first kappa shape index (κ1) is 27.3. The molecule has 0 saturated carbocycles. The quantitative estimate of drug-likeness (QED) is 0.268. The van der Waals surface area contributed by atoms with Crippen LogP contribution in [0.3, 0.4) is 0 Å². The minimum absolute atomic E-state index is 0.321. The van der Waals surface area contributed by atoms with Gasteiger partial charge in [0.25, 0.3) is 11.8 Å². The second-order valence-corrected chi connectivity index (χ2v) is 9.48. The van der Waals surface area contributed by atoms with Gasteiger partial charge in [0, 0.05) is 16.9 Å². The summed E-state index contributed by atoms with van der Waals surface area (Å²) in [6.45, 7) is 3.74. The average Bonchev–Trinajstić information content (AvgIpc) is 3.39. The van der Waals surface area contributed by atoms with Crippen LogP contribution in [0.25, 0.3) is 0 Å². The molecule has 4 aromatic rings. The number of benzene rings is 3. The number of rotatable bonds is 8. The van der Waals surface area contributed by atoms with Crippen molar-refractivity contribution in [1.29, 1.82) is 0 Å². The summed E-state index contributed by atoms with van der Waals surface area (Å²) in [5.41, 5.74) is 4.08. The highest BCUT2D eigenvalue weighted by Crippen LogP contribution is 2.44. The molecule has 0 saturated heterocycles. The van der Waals surface area contributed by atoms with Gasteiger partial charge in [-0.1, -0.05) is 36.4 Å². The molecule has 41 heavy (non-hydrogen) atoms. The lowest BCUT2D eigenvalue weighted by molar-refractivity contribution is -0.113. The van der Waals surface area contributed by atoms with Gasteiger partial charge in [-0.25, -0.2) is 4.68 Å². The Hall–Kier alpha value is -5.25. The summed E-state index contributed by atoms with van der Waals surface area (Å²) in [5, 5.41) is 13.8. The Kier molecular flexibility index (Phi) is 7.64. The van der Waals surface area contributed by atoms with Crippen LogP contribution >= 0.6 is 0 Å². The number of aromatic nitrogens is 2. The van der Waals surface area contributed by atoms with Crippen LogP contribution < -0.4 is 30.2 Å². The van der Waals surface area contributed by atoms with E-state index in [0.29, 0.717) is 56.8 Å². The second kappa shape index (κ2) is 11.5. The third kappa shape index (κ3) is 5.19. The molecule has 210 valence electrons. The molecule has 10 heteroatoms. The lowest BCUT2D eigenvalue weighted by Crippen LogP contribution is -2.32. The largest absolute Gasteiger partial charge is 0.495 e. The number of amides is 2. The van der Waals surface area contributed by atoms with Gasteiger partial charge in [0.1, 0.15) is 23.2 Å². The number of hydrogen-bond donors (Lipinski definition) is 3. The van der Waals surface area contributed by atoms with E-state index in [-0.39, 0.29) is 11.8 Å². The zero-order valence-electron chi connectivity index (χ0n) is 23.4. The minimum Gasteiger partial charge on any atom is -0.495 e. The first-order valence-electron chi connectivity index (χ1n) is 12.9. The molecule has 3 aromatic carbocycles. The molecule has 2 heterocycles. The SMILES string of the molecule is COc1ccccc1NC(=O)C1=C(C)Nc2c(C(=O)Nc3cccc(C)c3)cnn2C1c1cccc(OC)c1OC. The van der Waals surface area contributed by atoms with Crippen molar-refractivity contribution in [3.8, 4) is 17.2 Å². The summed E-state index contributed by atoms with van der Waals surface area (Å²) in [6, 6.07) is 19.4. The number of hydrogen-bond acceptors (Lipinski definition) is 7. The summed E-state index contributed by atoms with van der Waals surface area (Å²) in [4.78, 5) is 27.4. The van der Waals surface area contributed by atoms with E-state index >= 15 is 0 Å². The molecule has 0 aliphatic carbocycles. The van der Waals surface area contributed by atoms with Crippen LogP contribution in [0.2, 0.25) is 0 Å². The maximum absolute atomic E-state index is 14.0. The van der Waals surface area contributed by atoms with E-state index < -0.39 is 6.04 Å². The van der Waals surface area contributed by atoms with Crippen LogP contribution in [0.1, 0.15) is 34.5 Å². The highest BCUT2D eigenvalue weighted by molar-refractivity contribution is 6.10. The zero-order chi connectivity index (χ0) is 29.1. The van der Waals surface area contributed by atoms with Gasteiger partial charge in [-0.05, 0) is 49.7 Å². The van der Waals surface area contributed by atoms with E-state index in [2.05, 4.69) is 21.0 Å². The molecule has 1 aliphatic heterocycles. The molecule has 1 aromatic heterocycles. The molecule has 0 fully saturated rings. The number of carbonyl (C=O) groups is 2. The monoisotopic (exact) mass is 553 g/mol. The van der Waals surface area contributed by atoms with E-state index in [1.165, 1.54) is 13.3 Å². The molecule has 0 radical (unpaired) electrons. The Morgan fingerprint density at radius 3 is 2.32 bits per heavy atom. The molecular weight excluding hydrogens is 522 g/mol. The predicted molar refractivity (Wildman–Crippen MR) is 157 cm³/mol. The van der Waals surface area contributed by atoms with Gasteiger partial charge >= 0.3 is 0 Å². The smallest absolute Gasteiger partial charge is 0.261 e. The van der Waals surface area contributed by atoms with Crippen molar-refractivity contribution in [3.05, 3.63) is 101 Å². The topological polar surface area (TPSA) is 116 Å². The van der Waals surface area contributed by atoms with Crippen molar-refractivity contribution in [1.82, 2.24) is 9.78 Å². The number of nitrogens with one attached hydrogen (secondary N) is 3. The number of anilines is 3. The average molecular weight is 554 g/mol. The van der Waals surface area contributed by atoms with Crippen molar-refractivity contribution >= 4 is 29.0 Å². The van der Waals surface area contributed by atoms with E-state index in [1.807, 2.05) is 55.5 Å². The normalized spacial score (nSPS) is 14.0. The summed E-state index contributed by atoms with van der Waals surface area (Å²) in [6.07, 6.45) is 1.49. The zero-order valence-corrected chi connectivity index (χ0v) is 23.4. The fraction of sp³-hybridized carbons (Fsp3) is 0.194. The lowest BCUT2D eigenvalue weighted by Gasteiger charge is -2.31. The number of ether oxygens (including phenoxy) is 3. The first-order chi connectivity index (χ1) is 19.9. The number of methoxy groups -OCH3 is 3. The van der Waals surface area contributed by atoms with Crippen LogP contribution in [-0.4, -0.2) is 42.9 Å². The van der Waals surface area contributed by atoms with E-state index in [9.17, 15) is 9.59 Å². The maximum Gasteiger partial charge on any atom is 0.261 e. The van der Waals surface area contributed by atoms with Crippen molar-refractivity contribution in [2.45, 2.75) is 19.9 Å². The van der Waals surface area contributed by atoms with Crippen molar-refractivity contribution < 1.29 is 23.8 Å². The van der Waals surface area contributed by atoms with Crippen LogP contribution in [0.4, 0.5) is 17.2 Å². The Labute approximate surface area is 237 Å². The van der Waals surface area contributed by atoms with Gasteiger partial charge in [0.2, 0.25) is 0 Å². The molecule has 10 nitrogen and oxygen atoms in total. The molecule has 5 rings (SSSR count). The van der Waals surface area contributed by atoms with Gasteiger partial charge in [0.05, 0.1) is 38.8 Å². The van der Waals surface area contributed by atoms with E-state index in [1.54, 1.807) is 44.0 Å². The Morgan fingerprint density at radius 1 is 0.854 bits per heavy atom. The number of nitrogens with zero attached hydrogens (tertiary/aromatic N) is 2. The number of para-hydroxylation sites is 3. The summed E-state index contributed by atoms with van der Waals surface area (Å²) in [7, 11) is 4.63. The van der Waals surface area contributed by atoms with E-state index in [4.69, 9.17) is 14.2 Å². The number of fused-ring (bicyclic) bond motifs is 1. The fourth-order valence-corrected chi connectivity index (χ4v) is 4.99. The number of allylic oxidation sites excluding steroid dienone is 1. The Morgan fingerprint density at radius 2 is 1.59 bits per heavy atom. The van der Waals surface area contributed by atoms with Crippen LogP contribution in [0, 0.1) is 6.92 Å². The van der Waals surface area contributed by atoms with Crippen LogP contribution in [0.5, 0.6) is 17.2 Å². The second-order valence-electron chi connectivity index (χ2n) is 9.48. The predicted octanol–water partition coefficient (Wildman–Crippen LogP) is 5.40. The molecule has 0 bridgehead atoms. The van der Waals surface area contributed by atoms with Crippen molar-refractivity contribution in [2.75, 3.05) is 37.3 Å². The molecule has 1 atom stereocenters. The third-order valence-electron chi connectivity index (χ3n) is 6.87. The van der Waals surface area contributed by atoms with Gasteiger partial charge in [-0.15, -0.1) is 0 Å². The molecular formula is C31H31N5O5. The molecule has 1 aliphatic rings. The fourth-order valence-electron chi connectivity index (χ4n) is 4.99. The number of carbonyl (C=O) groups excluding carboxylic acids is 2. The van der Waals surface area contributed by atoms with Crippen LogP contribution in [-0.2, 0) is 4.79 Å². The third-order valence-corrected chi connectivity index (χ3v) is 6.87. The Bertz CT molecular complexity index is 1660. The standard InChI is InChI=1S/C31H31N5O5/c1-18-10-8-11-20(16-18)34-30(37)22-17-32-36-27(21-12-9-15-25(40-4)28(21)41-5)26(19(2)33-29(22)36)31(38)35-23-13-6-7-14-24(23)39-3/h6-17,27,33H,1-5H3,(H,34,37)(H,35,38). The van der Waals surface area contributed by atoms with Gasteiger partial charge in [-0.2, -0.15) is 5.10 Å². The summed E-state index contributed by atoms with van der Waals surface area (Å²) in [5.74, 6) is 1.20. The minimum atomic E-state index is -0.758. The molecule has 0 spiro atoms. The highest BCUT2D eigenvalue weighted by atomic mass is 16.5. The van der Waals surface area contributed by atoms with Gasteiger partial charge in [0.15, 0.2) is 11.5 Å².